The third kappa shape index (κ3) is 3.08. The van der Waals surface area contributed by atoms with Crippen molar-refractivity contribution in [3.05, 3.63) is 30.4 Å². The van der Waals surface area contributed by atoms with Crippen LogP contribution in [0, 0.1) is 6.92 Å². The second-order valence-corrected chi connectivity index (χ2v) is 5.21. The minimum Gasteiger partial charge on any atom is -0.370 e. The summed E-state index contributed by atoms with van der Waals surface area (Å²) in [6, 6.07) is 1.90. The third-order valence-corrected chi connectivity index (χ3v) is 3.72. The number of nitrogens with one attached hydrogen (secondary N) is 1. The van der Waals surface area contributed by atoms with Crippen molar-refractivity contribution in [2.75, 3.05) is 47.8 Å². The molecule has 0 amide bonds. The van der Waals surface area contributed by atoms with Crippen LogP contribution < -0.4 is 15.1 Å². The maximum absolute atomic E-state index is 4.56. The first-order valence-corrected chi connectivity index (χ1v) is 7.62. The Balaban J connectivity index is 1.67. The van der Waals surface area contributed by atoms with Gasteiger partial charge in [-0.1, -0.05) is 0 Å². The molecular formula is C15H21N7. The highest BCUT2D eigenvalue weighted by atomic mass is 15.3. The van der Waals surface area contributed by atoms with Crippen molar-refractivity contribution in [2.24, 2.45) is 0 Å². The van der Waals surface area contributed by atoms with Gasteiger partial charge in [0.15, 0.2) is 0 Å². The van der Waals surface area contributed by atoms with Gasteiger partial charge in [0.2, 0.25) is 5.95 Å². The van der Waals surface area contributed by atoms with Crippen molar-refractivity contribution >= 4 is 17.6 Å². The number of rotatable bonds is 4. The molecule has 116 valence electrons. The Morgan fingerprint density at radius 2 is 1.73 bits per heavy atom. The van der Waals surface area contributed by atoms with Crippen molar-refractivity contribution < 1.29 is 0 Å². The number of piperazine rings is 1. The highest BCUT2D eigenvalue weighted by molar-refractivity contribution is 5.46. The van der Waals surface area contributed by atoms with Crippen LogP contribution in [0.15, 0.2) is 24.7 Å². The molecule has 1 fully saturated rings. The molecule has 0 spiro atoms. The lowest BCUT2D eigenvalue weighted by atomic mass is 10.3. The summed E-state index contributed by atoms with van der Waals surface area (Å²) in [6.45, 7) is 8.47. The van der Waals surface area contributed by atoms with Gasteiger partial charge < -0.3 is 15.1 Å². The van der Waals surface area contributed by atoms with E-state index in [1.54, 1.807) is 18.6 Å². The van der Waals surface area contributed by atoms with E-state index in [2.05, 4.69) is 42.0 Å². The molecule has 7 nitrogen and oxygen atoms in total. The number of hydrogen-bond donors (Lipinski definition) is 1. The number of aryl methyl sites for hydroxylation is 1. The zero-order valence-electron chi connectivity index (χ0n) is 13.0. The Hall–Kier alpha value is -2.44. The Morgan fingerprint density at radius 3 is 2.45 bits per heavy atom. The first kappa shape index (κ1) is 14.5. The van der Waals surface area contributed by atoms with Crippen LogP contribution >= 0.6 is 0 Å². The quantitative estimate of drug-likeness (QED) is 0.913. The van der Waals surface area contributed by atoms with E-state index in [9.17, 15) is 0 Å². The molecular weight excluding hydrogens is 278 g/mol. The molecule has 22 heavy (non-hydrogen) atoms. The van der Waals surface area contributed by atoms with Crippen molar-refractivity contribution in [1.29, 1.82) is 0 Å². The summed E-state index contributed by atoms with van der Waals surface area (Å²) < 4.78 is 0. The van der Waals surface area contributed by atoms with Gasteiger partial charge in [0.25, 0.3) is 0 Å². The molecule has 2 aromatic heterocycles. The van der Waals surface area contributed by atoms with Crippen LogP contribution in [0.25, 0.3) is 0 Å². The molecule has 0 radical (unpaired) electrons. The van der Waals surface area contributed by atoms with E-state index >= 15 is 0 Å². The molecule has 0 aromatic carbocycles. The maximum atomic E-state index is 4.56. The maximum Gasteiger partial charge on any atom is 0.227 e. The van der Waals surface area contributed by atoms with E-state index in [-0.39, 0.29) is 0 Å². The van der Waals surface area contributed by atoms with Gasteiger partial charge in [-0.3, -0.25) is 4.98 Å². The first-order valence-electron chi connectivity index (χ1n) is 7.62. The minimum atomic E-state index is 0.786. The van der Waals surface area contributed by atoms with Crippen LogP contribution in [-0.2, 0) is 0 Å². The lowest BCUT2D eigenvalue weighted by Gasteiger charge is -2.35. The molecule has 7 heteroatoms. The molecule has 0 atom stereocenters. The number of aromatic nitrogens is 4. The van der Waals surface area contributed by atoms with Gasteiger partial charge in [-0.25, -0.2) is 9.97 Å². The predicted molar refractivity (Wildman–Crippen MR) is 87.4 cm³/mol. The monoisotopic (exact) mass is 299 g/mol. The molecule has 0 bridgehead atoms. The molecule has 3 rings (SSSR count). The van der Waals surface area contributed by atoms with Gasteiger partial charge in [-0.2, -0.15) is 4.98 Å². The molecule has 0 unspecified atom stereocenters. The fourth-order valence-electron chi connectivity index (χ4n) is 2.61. The lowest BCUT2D eigenvalue weighted by Crippen LogP contribution is -2.47. The van der Waals surface area contributed by atoms with E-state index < -0.39 is 0 Å². The normalized spacial score (nSPS) is 15.0. The highest BCUT2D eigenvalue weighted by Crippen LogP contribution is 2.18. The Kier molecular flexibility index (Phi) is 4.32. The first-order chi connectivity index (χ1) is 10.8. The van der Waals surface area contributed by atoms with Crippen molar-refractivity contribution in [3.63, 3.8) is 0 Å². The standard InChI is InChI=1S/C15H21N7/c1-3-16-13-4-5-19-15(20-13)22-10-8-21(9-11-22)14-12(2)17-6-7-18-14/h4-7H,3,8-11H2,1-2H3,(H,16,19,20). The summed E-state index contributed by atoms with van der Waals surface area (Å²) in [5.74, 6) is 2.64. The van der Waals surface area contributed by atoms with E-state index in [4.69, 9.17) is 0 Å². The van der Waals surface area contributed by atoms with E-state index in [1.807, 2.05) is 13.0 Å². The summed E-state index contributed by atoms with van der Waals surface area (Å²) in [7, 11) is 0. The van der Waals surface area contributed by atoms with Gasteiger partial charge in [0, 0.05) is 51.3 Å². The second-order valence-electron chi connectivity index (χ2n) is 5.21. The minimum absolute atomic E-state index is 0.786. The fourth-order valence-corrected chi connectivity index (χ4v) is 2.61. The number of hydrogen-bond acceptors (Lipinski definition) is 7. The number of anilines is 3. The zero-order chi connectivity index (χ0) is 15.4. The molecule has 3 heterocycles. The van der Waals surface area contributed by atoms with Gasteiger partial charge in [-0.15, -0.1) is 0 Å². The number of nitrogens with zero attached hydrogens (tertiary/aromatic N) is 6. The Labute approximate surface area is 130 Å². The fraction of sp³-hybridized carbons (Fsp3) is 0.467. The molecule has 1 aliphatic heterocycles. The van der Waals surface area contributed by atoms with Crippen LogP contribution in [0.1, 0.15) is 12.6 Å². The van der Waals surface area contributed by atoms with Crippen LogP contribution in [-0.4, -0.2) is 52.7 Å². The average molecular weight is 299 g/mol. The smallest absolute Gasteiger partial charge is 0.227 e. The van der Waals surface area contributed by atoms with Gasteiger partial charge in [-0.05, 0) is 19.9 Å². The largest absolute Gasteiger partial charge is 0.370 e. The molecule has 1 aliphatic rings. The zero-order valence-corrected chi connectivity index (χ0v) is 13.0. The molecule has 1 saturated heterocycles. The lowest BCUT2D eigenvalue weighted by molar-refractivity contribution is 0.632. The van der Waals surface area contributed by atoms with E-state index in [0.29, 0.717) is 0 Å². The summed E-state index contributed by atoms with van der Waals surface area (Å²) in [5, 5.41) is 3.22. The molecule has 0 saturated carbocycles. The van der Waals surface area contributed by atoms with Gasteiger partial charge in [0.1, 0.15) is 11.6 Å². The van der Waals surface area contributed by atoms with E-state index in [1.165, 1.54) is 0 Å². The van der Waals surface area contributed by atoms with Crippen LogP contribution in [0.3, 0.4) is 0 Å². The topological polar surface area (TPSA) is 70.1 Å². The molecule has 0 aliphatic carbocycles. The van der Waals surface area contributed by atoms with Gasteiger partial charge in [0.05, 0.1) is 5.69 Å². The highest BCUT2D eigenvalue weighted by Gasteiger charge is 2.21. The Morgan fingerprint density at radius 1 is 1.00 bits per heavy atom. The van der Waals surface area contributed by atoms with Crippen LogP contribution in [0.4, 0.5) is 17.6 Å². The van der Waals surface area contributed by atoms with Crippen molar-refractivity contribution in [2.45, 2.75) is 13.8 Å². The summed E-state index contributed by atoms with van der Waals surface area (Å²) in [6.07, 6.45) is 5.28. The summed E-state index contributed by atoms with van der Waals surface area (Å²) >= 11 is 0. The SMILES string of the molecule is CCNc1ccnc(N2CCN(c3nccnc3C)CC2)n1. The average Bonchev–Trinajstić information content (AvgIpc) is 2.56. The van der Waals surface area contributed by atoms with Crippen molar-refractivity contribution in [3.8, 4) is 0 Å². The van der Waals surface area contributed by atoms with Crippen molar-refractivity contribution in [1.82, 2.24) is 19.9 Å². The summed E-state index contributed by atoms with van der Waals surface area (Å²) in [5.41, 5.74) is 0.973. The predicted octanol–water partition coefficient (Wildman–Crippen LogP) is 1.33. The third-order valence-electron chi connectivity index (χ3n) is 3.72. The van der Waals surface area contributed by atoms with E-state index in [0.717, 1.165) is 56.0 Å². The molecule has 2 aromatic rings. The van der Waals surface area contributed by atoms with Crippen LogP contribution in [0.5, 0.6) is 0 Å². The summed E-state index contributed by atoms with van der Waals surface area (Å²) in [4.78, 5) is 22.2. The Bertz CT molecular complexity index is 623. The molecule has 1 N–H and O–H groups in total. The van der Waals surface area contributed by atoms with Gasteiger partial charge >= 0.3 is 0 Å². The van der Waals surface area contributed by atoms with Crippen LogP contribution in [0.2, 0.25) is 0 Å². The second kappa shape index (κ2) is 6.55.